The molecule has 0 radical (unpaired) electrons. The van der Waals surface area contributed by atoms with Gasteiger partial charge >= 0.3 is 6.09 Å². The maximum absolute atomic E-state index is 11.8. The Morgan fingerprint density at radius 3 is 2.55 bits per heavy atom. The average Bonchev–Trinajstić information content (AvgIpc) is 2.75. The Hall–Kier alpha value is -0.770. The second-order valence-electron chi connectivity index (χ2n) is 7.40. The molecule has 1 aliphatic heterocycles. The van der Waals surface area contributed by atoms with Crippen molar-refractivity contribution in [3.8, 4) is 0 Å². The van der Waals surface area contributed by atoms with Gasteiger partial charge in [-0.2, -0.15) is 0 Å². The first-order valence-corrected chi connectivity index (χ1v) is 8.14. The molecule has 1 atom stereocenters. The summed E-state index contributed by atoms with van der Waals surface area (Å²) in [4.78, 5) is 14.3. The number of rotatable bonds is 3. The largest absolute Gasteiger partial charge is 0.444 e. The van der Waals surface area contributed by atoms with Crippen LogP contribution in [-0.2, 0) is 4.74 Å². The Morgan fingerprint density at radius 1 is 1.20 bits per heavy atom. The highest BCUT2D eigenvalue weighted by Crippen LogP contribution is 2.25. The first kappa shape index (κ1) is 15.6. The van der Waals surface area contributed by atoms with Crippen molar-refractivity contribution in [3.63, 3.8) is 0 Å². The molecule has 0 aromatic carbocycles. The molecule has 20 heavy (non-hydrogen) atoms. The molecule has 2 fully saturated rings. The van der Waals surface area contributed by atoms with Crippen LogP contribution in [0.15, 0.2) is 0 Å². The molecule has 2 aliphatic rings. The summed E-state index contributed by atoms with van der Waals surface area (Å²) in [6.07, 6.45) is 7.77. The van der Waals surface area contributed by atoms with Crippen LogP contribution in [0.3, 0.4) is 0 Å². The molecule has 0 unspecified atom stereocenters. The van der Waals surface area contributed by atoms with Gasteiger partial charge in [-0.3, -0.25) is 0 Å². The van der Waals surface area contributed by atoms with Gasteiger partial charge < -0.3 is 15.0 Å². The van der Waals surface area contributed by atoms with E-state index in [0.717, 1.165) is 25.4 Å². The molecule has 1 N–H and O–H groups in total. The first-order chi connectivity index (χ1) is 9.42. The molecule has 1 heterocycles. The molecule has 0 spiro atoms. The van der Waals surface area contributed by atoms with E-state index in [1.165, 1.54) is 38.6 Å². The van der Waals surface area contributed by atoms with Gasteiger partial charge in [0.25, 0.3) is 0 Å². The summed E-state index contributed by atoms with van der Waals surface area (Å²) in [5.41, 5.74) is -0.412. The third kappa shape index (κ3) is 5.31. The van der Waals surface area contributed by atoms with Crippen LogP contribution >= 0.6 is 0 Å². The van der Waals surface area contributed by atoms with E-state index in [1.54, 1.807) is 0 Å². The topological polar surface area (TPSA) is 41.6 Å². The van der Waals surface area contributed by atoms with E-state index in [-0.39, 0.29) is 12.1 Å². The quantitative estimate of drug-likeness (QED) is 0.864. The molecule has 1 saturated carbocycles. The summed E-state index contributed by atoms with van der Waals surface area (Å²) in [5.74, 6) is 0.879. The second-order valence-corrected chi connectivity index (χ2v) is 7.40. The van der Waals surface area contributed by atoms with Crippen molar-refractivity contribution >= 4 is 6.09 Å². The maximum atomic E-state index is 11.8. The molecule has 0 aromatic rings. The van der Waals surface area contributed by atoms with Crippen LogP contribution < -0.4 is 5.32 Å². The van der Waals surface area contributed by atoms with E-state index in [0.29, 0.717) is 0 Å². The van der Waals surface area contributed by atoms with E-state index in [4.69, 9.17) is 4.74 Å². The van der Waals surface area contributed by atoms with Crippen LogP contribution in [-0.4, -0.2) is 42.3 Å². The van der Waals surface area contributed by atoms with E-state index < -0.39 is 5.60 Å². The minimum atomic E-state index is -0.412. The molecule has 4 heteroatoms. The fraction of sp³-hybridized carbons (Fsp3) is 0.938. The molecule has 2 rings (SSSR count). The van der Waals surface area contributed by atoms with Gasteiger partial charge in [-0.25, -0.2) is 4.79 Å². The Labute approximate surface area is 123 Å². The lowest BCUT2D eigenvalue weighted by molar-refractivity contribution is 0.0505. The van der Waals surface area contributed by atoms with Gasteiger partial charge in [-0.05, 0) is 46.0 Å². The van der Waals surface area contributed by atoms with Crippen molar-refractivity contribution in [2.24, 2.45) is 5.92 Å². The zero-order valence-electron chi connectivity index (χ0n) is 13.3. The monoisotopic (exact) mass is 282 g/mol. The number of amides is 1. The standard InChI is InChI=1S/C16H30N2O2/c1-16(2,3)20-15(19)17-14-9-10-18(12-14)11-13-7-5-4-6-8-13/h13-14H,4-12H2,1-3H3,(H,17,19)/t14-/m1/s1. The molecule has 116 valence electrons. The van der Waals surface area contributed by atoms with Crippen LogP contribution in [0.5, 0.6) is 0 Å². The van der Waals surface area contributed by atoms with Crippen molar-refractivity contribution in [3.05, 3.63) is 0 Å². The van der Waals surface area contributed by atoms with Gasteiger partial charge in [0, 0.05) is 25.7 Å². The van der Waals surface area contributed by atoms with Gasteiger partial charge in [0.1, 0.15) is 5.60 Å². The Bertz CT molecular complexity index is 319. The third-order valence-electron chi connectivity index (χ3n) is 4.23. The number of carbonyl (C=O) groups is 1. The average molecular weight is 282 g/mol. The maximum Gasteiger partial charge on any atom is 0.407 e. The third-order valence-corrected chi connectivity index (χ3v) is 4.23. The van der Waals surface area contributed by atoms with Gasteiger partial charge in [0.2, 0.25) is 0 Å². The highest BCUT2D eigenvalue weighted by atomic mass is 16.6. The molecule has 0 bridgehead atoms. The molecular weight excluding hydrogens is 252 g/mol. The molecule has 1 amide bonds. The summed E-state index contributed by atoms with van der Waals surface area (Å²) in [6.45, 7) is 9.00. The van der Waals surface area contributed by atoms with E-state index in [1.807, 2.05) is 20.8 Å². The van der Waals surface area contributed by atoms with Crippen molar-refractivity contribution in [1.29, 1.82) is 0 Å². The van der Waals surface area contributed by atoms with Gasteiger partial charge in [0.15, 0.2) is 0 Å². The zero-order valence-corrected chi connectivity index (χ0v) is 13.3. The summed E-state index contributed by atoms with van der Waals surface area (Å²) in [7, 11) is 0. The number of hydrogen-bond donors (Lipinski definition) is 1. The lowest BCUT2D eigenvalue weighted by atomic mass is 9.89. The van der Waals surface area contributed by atoms with Crippen LogP contribution in [0.4, 0.5) is 4.79 Å². The number of carbonyl (C=O) groups excluding carboxylic acids is 1. The highest BCUT2D eigenvalue weighted by molar-refractivity contribution is 5.68. The second kappa shape index (κ2) is 6.79. The SMILES string of the molecule is CC(C)(C)OC(=O)N[C@@H]1CCN(CC2CCCCC2)C1. The molecule has 4 nitrogen and oxygen atoms in total. The van der Waals surface area contributed by atoms with Crippen LogP contribution in [0.2, 0.25) is 0 Å². The Morgan fingerprint density at radius 2 is 1.90 bits per heavy atom. The van der Waals surface area contributed by atoms with Crippen molar-refractivity contribution < 1.29 is 9.53 Å². The molecule has 1 aliphatic carbocycles. The predicted molar refractivity (Wildman–Crippen MR) is 80.8 cm³/mol. The van der Waals surface area contributed by atoms with Crippen molar-refractivity contribution in [2.45, 2.75) is 70.9 Å². The van der Waals surface area contributed by atoms with Crippen molar-refractivity contribution in [1.82, 2.24) is 10.2 Å². The molecule has 1 saturated heterocycles. The van der Waals surface area contributed by atoms with Crippen molar-refractivity contribution in [2.75, 3.05) is 19.6 Å². The summed E-state index contributed by atoms with van der Waals surface area (Å²) >= 11 is 0. The lowest BCUT2D eigenvalue weighted by Gasteiger charge is -2.27. The highest BCUT2D eigenvalue weighted by Gasteiger charge is 2.27. The van der Waals surface area contributed by atoms with E-state index in [9.17, 15) is 4.79 Å². The number of nitrogens with zero attached hydrogens (tertiary/aromatic N) is 1. The van der Waals surface area contributed by atoms with E-state index in [2.05, 4.69) is 10.2 Å². The number of likely N-dealkylation sites (tertiary alicyclic amines) is 1. The number of hydrogen-bond acceptors (Lipinski definition) is 3. The normalized spacial score (nSPS) is 25.6. The molecule has 0 aromatic heterocycles. The molecular formula is C16H30N2O2. The van der Waals surface area contributed by atoms with Crippen LogP contribution in [0.1, 0.15) is 59.3 Å². The fourth-order valence-corrected chi connectivity index (χ4v) is 3.33. The lowest BCUT2D eigenvalue weighted by Crippen LogP contribution is -2.41. The summed E-state index contributed by atoms with van der Waals surface area (Å²) in [5, 5.41) is 3.00. The fourth-order valence-electron chi connectivity index (χ4n) is 3.33. The summed E-state index contributed by atoms with van der Waals surface area (Å²) in [6, 6.07) is 0.258. The minimum absolute atomic E-state index is 0.258. The number of nitrogens with one attached hydrogen (secondary N) is 1. The van der Waals surface area contributed by atoms with E-state index >= 15 is 0 Å². The van der Waals surface area contributed by atoms with Crippen LogP contribution in [0, 0.1) is 5.92 Å². The Balaban J connectivity index is 1.68. The number of ether oxygens (including phenoxy) is 1. The van der Waals surface area contributed by atoms with Gasteiger partial charge in [0.05, 0.1) is 0 Å². The van der Waals surface area contributed by atoms with Gasteiger partial charge in [-0.1, -0.05) is 19.3 Å². The Kier molecular flexibility index (Phi) is 5.30. The zero-order chi connectivity index (χ0) is 14.6. The van der Waals surface area contributed by atoms with Gasteiger partial charge in [-0.15, -0.1) is 0 Å². The predicted octanol–water partition coefficient (Wildman–Crippen LogP) is 3.17. The van der Waals surface area contributed by atoms with Crippen LogP contribution in [0.25, 0.3) is 0 Å². The smallest absolute Gasteiger partial charge is 0.407 e. The first-order valence-electron chi connectivity index (χ1n) is 8.14. The minimum Gasteiger partial charge on any atom is -0.444 e. The summed E-state index contributed by atoms with van der Waals surface area (Å²) < 4.78 is 5.32. The number of alkyl carbamates (subject to hydrolysis) is 1.